The van der Waals surface area contributed by atoms with Crippen molar-refractivity contribution in [3.63, 3.8) is 0 Å². The van der Waals surface area contributed by atoms with Gasteiger partial charge in [0, 0.05) is 24.9 Å². The predicted octanol–water partition coefficient (Wildman–Crippen LogP) is 4.53. The van der Waals surface area contributed by atoms with E-state index in [1.165, 1.54) is 17.7 Å². The van der Waals surface area contributed by atoms with Crippen LogP contribution in [-0.4, -0.2) is 62.2 Å². The molecule has 44 heavy (non-hydrogen) atoms. The molecule has 3 atom stereocenters. The van der Waals surface area contributed by atoms with Gasteiger partial charge < -0.3 is 25.3 Å². The third-order valence-corrected chi connectivity index (χ3v) is 7.85. The molecule has 1 saturated heterocycles. The number of aliphatic hydroxyl groups is 4. The number of carbonyl (C=O) groups excluding carboxylic acids is 1. The highest BCUT2D eigenvalue weighted by molar-refractivity contribution is 7.82. The number of carbonyl (C=O) groups is 1. The predicted molar refractivity (Wildman–Crippen MR) is 174 cm³/mol. The molecular weight excluding hydrogens is 583 g/mol. The molecule has 3 unspecified atom stereocenters. The fourth-order valence-electron chi connectivity index (χ4n) is 4.66. The van der Waals surface area contributed by atoms with Crippen molar-refractivity contribution in [3.05, 3.63) is 101 Å². The van der Waals surface area contributed by atoms with Crippen LogP contribution >= 0.6 is 0 Å². The standard InChI is InChI=1S/C23H30N2O5S.C9H11FO.C2H6/c1-31(30)24-12-2-3-17-6-10-20(11-7-17)25-21(13-22(25)28)19-8-4-18(5-9-19)14-23(29,15-26)16-27;1-2-9(11)7-3-5-8(10)6-4-7;1-2/h4-11,21,24,26-27,29H,2-3,12-16H2,1H3;3-6,9,11H,2H2,1H3;1-2H3. The minimum atomic E-state index is -1.54. The highest BCUT2D eigenvalue weighted by Crippen LogP contribution is 2.39. The zero-order chi connectivity index (χ0) is 32.7. The zero-order valence-corrected chi connectivity index (χ0v) is 26.9. The quantitative estimate of drug-likeness (QED) is 0.139. The lowest BCUT2D eigenvalue weighted by molar-refractivity contribution is -0.124. The Morgan fingerprint density at radius 1 is 0.977 bits per heavy atom. The van der Waals surface area contributed by atoms with Crippen molar-refractivity contribution in [2.24, 2.45) is 0 Å². The first-order valence-electron chi connectivity index (χ1n) is 15.0. The average molecular weight is 631 g/mol. The minimum absolute atomic E-state index is 0.0364. The summed E-state index contributed by atoms with van der Waals surface area (Å²) in [7, 11) is -0.990. The number of amides is 1. The van der Waals surface area contributed by atoms with E-state index < -0.39 is 35.9 Å². The molecule has 0 aromatic heterocycles. The molecule has 1 fully saturated rings. The Labute approximate surface area is 263 Å². The first kappa shape index (κ1) is 37.2. The van der Waals surface area contributed by atoms with Gasteiger partial charge in [0.15, 0.2) is 0 Å². The number of rotatable bonds is 13. The van der Waals surface area contributed by atoms with Crippen LogP contribution in [0.15, 0.2) is 72.8 Å². The van der Waals surface area contributed by atoms with Crippen LogP contribution in [0.1, 0.15) is 74.4 Å². The van der Waals surface area contributed by atoms with E-state index >= 15 is 0 Å². The van der Waals surface area contributed by atoms with Crippen LogP contribution in [0.5, 0.6) is 0 Å². The summed E-state index contributed by atoms with van der Waals surface area (Å²) in [5.74, 6) is -0.191. The molecule has 0 spiro atoms. The number of anilines is 1. The van der Waals surface area contributed by atoms with E-state index in [1.54, 1.807) is 23.3 Å². The number of halogens is 1. The van der Waals surface area contributed by atoms with Gasteiger partial charge >= 0.3 is 0 Å². The molecular formula is C34H47FN2O6S. The van der Waals surface area contributed by atoms with Gasteiger partial charge in [-0.2, -0.15) is 0 Å². The van der Waals surface area contributed by atoms with Crippen molar-refractivity contribution < 1.29 is 33.8 Å². The van der Waals surface area contributed by atoms with Gasteiger partial charge in [-0.15, -0.1) is 0 Å². The van der Waals surface area contributed by atoms with Crippen LogP contribution in [0, 0.1) is 5.82 Å². The summed E-state index contributed by atoms with van der Waals surface area (Å²) >= 11 is 0. The summed E-state index contributed by atoms with van der Waals surface area (Å²) < 4.78 is 26.3. The summed E-state index contributed by atoms with van der Waals surface area (Å²) in [5, 5.41) is 37.9. The molecule has 3 aromatic carbocycles. The zero-order valence-electron chi connectivity index (χ0n) is 26.1. The topological polar surface area (TPSA) is 130 Å². The third-order valence-electron chi connectivity index (χ3n) is 7.24. The largest absolute Gasteiger partial charge is 0.393 e. The molecule has 10 heteroatoms. The van der Waals surface area contributed by atoms with Gasteiger partial charge in [-0.3, -0.25) is 4.79 Å². The molecule has 5 N–H and O–H groups in total. The lowest BCUT2D eigenvalue weighted by Crippen LogP contribution is -2.46. The number of hydrogen-bond acceptors (Lipinski definition) is 6. The number of hydrogen-bond donors (Lipinski definition) is 5. The Kier molecular flexibility index (Phi) is 15.8. The molecule has 1 aliphatic rings. The van der Waals surface area contributed by atoms with Gasteiger partial charge in [0.1, 0.15) is 11.4 Å². The van der Waals surface area contributed by atoms with Crippen LogP contribution in [0.4, 0.5) is 10.1 Å². The Morgan fingerprint density at radius 3 is 2.05 bits per heavy atom. The third kappa shape index (κ3) is 11.2. The van der Waals surface area contributed by atoms with Gasteiger partial charge in [0.2, 0.25) is 5.91 Å². The number of benzene rings is 3. The lowest BCUT2D eigenvalue weighted by atomic mass is 9.90. The molecule has 3 aromatic rings. The van der Waals surface area contributed by atoms with Crippen molar-refractivity contribution in [2.45, 2.75) is 70.6 Å². The first-order valence-corrected chi connectivity index (χ1v) is 16.6. The van der Waals surface area contributed by atoms with E-state index in [2.05, 4.69) is 4.72 Å². The van der Waals surface area contributed by atoms with E-state index in [0.29, 0.717) is 19.4 Å². The summed E-state index contributed by atoms with van der Waals surface area (Å²) in [5.41, 5.74) is 3.07. The van der Waals surface area contributed by atoms with Gasteiger partial charge in [0.05, 0.1) is 42.8 Å². The molecule has 0 bridgehead atoms. The van der Waals surface area contributed by atoms with Gasteiger partial charge in [-0.25, -0.2) is 13.3 Å². The molecule has 1 aliphatic heterocycles. The molecule has 4 rings (SSSR count). The number of nitrogens with zero attached hydrogens (tertiary/aromatic N) is 1. The fourth-order valence-corrected chi connectivity index (χ4v) is 5.09. The van der Waals surface area contributed by atoms with Crippen LogP contribution < -0.4 is 9.62 Å². The van der Waals surface area contributed by atoms with Crippen LogP contribution in [-0.2, 0) is 28.6 Å². The summed E-state index contributed by atoms with van der Waals surface area (Å²) in [4.78, 5) is 14.1. The number of aryl methyl sites for hydroxylation is 1. The molecule has 0 aliphatic carbocycles. The second-order valence-corrected chi connectivity index (χ2v) is 11.7. The van der Waals surface area contributed by atoms with Crippen LogP contribution in [0.3, 0.4) is 0 Å². The molecule has 242 valence electrons. The van der Waals surface area contributed by atoms with Crippen molar-refractivity contribution in [2.75, 3.05) is 30.9 Å². The van der Waals surface area contributed by atoms with E-state index in [-0.39, 0.29) is 24.2 Å². The van der Waals surface area contributed by atoms with Gasteiger partial charge in [-0.1, -0.05) is 69.3 Å². The van der Waals surface area contributed by atoms with Crippen molar-refractivity contribution in [1.29, 1.82) is 0 Å². The Hall–Kier alpha value is -2.99. The fraction of sp³-hybridized carbons (Fsp3) is 0.441. The Balaban J connectivity index is 0.000000434. The molecule has 0 radical (unpaired) electrons. The van der Waals surface area contributed by atoms with Crippen molar-refractivity contribution in [3.8, 4) is 0 Å². The van der Waals surface area contributed by atoms with Crippen molar-refractivity contribution >= 4 is 22.6 Å². The summed E-state index contributed by atoms with van der Waals surface area (Å²) in [6, 6.07) is 21.4. The maximum atomic E-state index is 12.4. The monoisotopic (exact) mass is 630 g/mol. The smallest absolute Gasteiger partial charge is 0.230 e. The summed E-state index contributed by atoms with van der Waals surface area (Å²) in [6.07, 6.45) is 4.17. The van der Waals surface area contributed by atoms with E-state index in [9.17, 15) is 33.8 Å². The minimum Gasteiger partial charge on any atom is -0.393 e. The van der Waals surface area contributed by atoms with Crippen molar-refractivity contribution in [1.82, 2.24) is 4.72 Å². The van der Waals surface area contributed by atoms with E-state index in [0.717, 1.165) is 35.2 Å². The highest BCUT2D eigenvalue weighted by atomic mass is 32.2. The maximum absolute atomic E-state index is 12.4. The molecule has 8 nitrogen and oxygen atoms in total. The number of aliphatic hydroxyl groups excluding tert-OH is 3. The Bertz CT molecular complexity index is 1280. The van der Waals surface area contributed by atoms with E-state index in [4.69, 9.17) is 0 Å². The highest BCUT2D eigenvalue weighted by Gasteiger charge is 2.38. The SMILES string of the molecule is CC.CCC(O)c1ccc(F)cc1.CS(=O)NCCCc1ccc(N2C(=O)CC2c2ccc(CC(O)(CO)CO)cc2)cc1. The normalized spacial score (nSPS) is 15.7. The first-order chi connectivity index (χ1) is 21.1. The molecule has 1 heterocycles. The average Bonchev–Trinajstić information content (AvgIpc) is 3.04. The number of β-lactam (4-membered cyclic amide) rings is 1. The Morgan fingerprint density at radius 2 is 1.55 bits per heavy atom. The number of nitrogens with one attached hydrogen (secondary N) is 1. The van der Waals surface area contributed by atoms with Gasteiger partial charge in [0.25, 0.3) is 0 Å². The molecule has 1 amide bonds. The second-order valence-electron chi connectivity index (χ2n) is 10.5. The van der Waals surface area contributed by atoms with Crippen LogP contribution in [0.25, 0.3) is 0 Å². The lowest BCUT2D eigenvalue weighted by Gasteiger charge is -2.41. The second kappa shape index (κ2) is 18.7. The van der Waals surface area contributed by atoms with Crippen LogP contribution in [0.2, 0.25) is 0 Å². The molecule has 0 saturated carbocycles. The van der Waals surface area contributed by atoms with Gasteiger partial charge in [-0.05, 0) is 65.8 Å². The summed E-state index contributed by atoms with van der Waals surface area (Å²) in [6.45, 7) is 5.55. The van der Waals surface area contributed by atoms with E-state index in [1.807, 2.05) is 69.3 Å². The maximum Gasteiger partial charge on any atom is 0.230 e.